The van der Waals surface area contributed by atoms with Crippen LogP contribution in [0.5, 0.6) is 0 Å². The van der Waals surface area contributed by atoms with Gasteiger partial charge in [0, 0.05) is 18.8 Å². The van der Waals surface area contributed by atoms with Crippen LogP contribution in [-0.2, 0) is 16.6 Å². The minimum atomic E-state index is -0.844. The Kier molecular flexibility index (Phi) is 2.64. The number of carbonyl (C=O) groups is 1. The quantitative estimate of drug-likeness (QED) is 0.853. The fraction of sp³-hybridized carbons (Fsp3) is 0.500. The highest BCUT2D eigenvalue weighted by atomic mass is 16.4. The van der Waals surface area contributed by atoms with Crippen molar-refractivity contribution in [1.82, 2.24) is 0 Å². The van der Waals surface area contributed by atoms with E-state index in [1.807, 2.05) is 19.2 Å². The summed E-state index contributed by atoms with van der Waals surface area (Å²) in [5, 5.41) is 9.36. The predicted molar refractivity (Wildman–Crippen MR) is 68.7 cm³/mol. The number of benzene rings is 1. The van der Waals surface area contributed by atoms with Crippen LogP contribution in [0.2, 0.25) is 0 Å². The summed E-state index contributed by atoms with van der Waals surface area (Å²) in [6, 6.07) is 6.43. The Bertz CT molecular complexity index is 465. The topological polar surface area (TPSA) is 40.5 Å². The van der Waals surface area contributed by atoms with Crippen LogP contribution < -0.4 is 4.90 Å². The molecule has 0 saturated heterocycles. The van der Waals surface area contributed by atoms with Gasteiger partial charge in [-0.2, -0.15) is 0 Å². The summed E-state index contributed by atoms with van der Waals surface area (Å²) in [4.78, 5) is 13.6. The maximum absolute atomic E-state index is 11.4. The van der Waals surface area contributed by atoms with Gasteiger partial charge in [-0.3, -0.25) is 4.79 Å². The van der Waals surface area contributed by atoms with Gasteiger partial charge in [0.05, 0.1) is 5.41 Å². The number of carboxylic acids is 1. The minimum absolute atomic E-state index is 0.441. The van der Waals surface area contributed by atoms with Crippen molar-refractivity contribution < 1.29 is 9.90 Å². The number of likely N-dealkylation sites (N-methyl/N-ethyl adjacent to an activating group) is 1. The Morgan fingerprint density at radius 3 is 2.71 bits per heavy atom. The number of para-hydroxylation sites is 1. The van der Waals surface area contributed by atoms with Crippen LogP contribution in [0.1, 0.15) is 31.9 Å². The summed E-state index contributed by atoms with van der Waals surface area (Å²) in [7, 11) is 2.04. The second-order valence-corrected chi connectivity index (χ2v) is 5.41. The molecule has 0 spiro atoms. The van der Waals surface area contributed by atoms with Crippen molar-refractivity contribution in [2.24, 2.45) is 0 Å². The first kappa shape index (κ1) is 12.0. The van der Waals surface area contributed by atoms with Crippen molar-refractivity contribution in [2.75, 3.05) is 11.9 Å². The monoisotopic (exact) mass is 233 g/mol. The zero-order chi connectivity index (χ0) is 12.8. The van der Waals surface area contributed by atoms with Crippen LogP contribution in [0, 0.1) is 0 Å². The number of aliphatic carboxylic acids is 1. The Morgan fingerprint density at radius 2 is 2.12 bits per heavy atom. The Hall–Kier alpha value is -1.51. The molecule has 1 N–H and O–H groups in total. The summed E-state index contributed by atoms with van der Waals surface area (Å²) in [6.45, 7) is 5.70. The first-order valence-corrected chi connectivity index (χ1v) is 5.94. The average molecular weight is 233 g/mol. The Labute approximate surface area is 102 Å². The van der Waals surface area contributed by atoms with E-state index in [0.717, 1.165) is 17.7 Å². The van der Waals surface area contributed by atoms with Gasteiger partial charge in [-0.25, -0.2) is 0 Å². The third kappa shape index (κ3) is 1.70. The lowest BCUT2D eigenvalue weighted by Crippen LogP contribution is -2.32. The highest BCUT2D eigenvalue weighted by Crippen LogP contribution is 2.40. The molecule has 1 aliphatic rings. The molecule has 0 saturated carbocycles. The van der Waals surface area contributed by atoms with Crippen molar-refractivity contribution in [2.45, 2.75) is 38.6 Å². The molecule has 1 heterocycles. The standard InChI is InChI=1S/C14H19NO2/c1-9-8-10-6-5-7-11(12(10)15(9)4)14(2,3)13(16)17/h5-7,9H,8H2,1-4H3,(H,16,17). The lowest BCUT2D eigenvalue weighted by molar-refractivity contribution is -0.142. The molecule has 1 aliphatic heterocycles. The number of rotatable bonds is 2. The second-order valence-electron chi connectivity index (χ2n) is 5.41. The smallest absolute Gasteiger partial charge is 0.313 e. The molecule has 0 bridgehead atoms. The lowest BCUT2D eigenvalue weighted by Gasteiger charge is -2.27. The number of anilines is 1. The zero-order valence-electron chi connectivity index (χ0n) is 10.8. The molecule has 17 heavy (non-hydrogen) atoms. The fourth-order valence-electron chi connectivity index (χ4n) is 2.47. The molecule has 2 rings (SSSR count). The van der Waals surface area contributed by atoms with E-state index >= 15 is 0 Å². The summed E-state index contributed by atoms with van der Waals surface area (Å²) in [5.74, 6) is -0.779. The van der Waals surface area contributed by atoms with Gasteiger partial charge in [0.15, 0.2) is 0 Å². The summed E-state index contributed by atoms with van der Waals surface area (Å²) in [5.41, 5.74) is 2.43. The first-order valence-electron chi connectivity index (χ1n) is 5.94. The summed E-state index contributed by atoms with van der Waals surface area (Å²) >= 11 is 0. The molecule has 1 unspecified atom stereocenters. The number of hydrogen-bond donors (Lipinski definition) is 1. The average Bonchev–Trinajstić information content (AvgIpc) is 2.54. The third-order valence-corrected chi connectivity index (χ3v) is 3.86. The molecule has 3 nitrogen and oxygen atoms in total. The van der Waals surface area contributed by atoms with Crippen LogP contribution in [0.25, 0.3) is 0 Å². The van der Waals surface area contributed by atoms with E-state index in [-0.39, 0.29) is 0 Å². The van der Waals surface area contributed by atoms with E-state index in [9.17, 15) is 9.90 Å². The molecule has 1 aromatic carbocycles. The number of fused-ring (bicyclic) bond motifs is 1. The van der Waals surface area contributed by atoms with E-state index in [4.69, 9.17) is 0 Å². The van der Waals surface area contributed by atoms with Gasteiger partial charge < -0.3 is 10.0 Å². The normalized spacial score (nSPS) is 19.3. The Morgan fingerprint density at radius 1 is 1.47 bits per heavy atom. The molecular weight excluding hydrogens is 214 g/mol. The fourth-order valence-corrected chi connectivity index (χ4v) is 2.47. The SMILES string of the molecule is CC1Cc2cccc(C(C)(C)C(=O)O)c2N1C. The molecule has 0 aromatic heterocycles. The van der Waals surface area contributed by atoms with Crippen molar-refractivity contribution in [3.63, 3.8) is 0 Å². The van der Waals surface area contributed by atoms with E-state index in [1.54, 1.807) is 13.8 Å². The molecule has 0 aliphatic carbocycles. The second kappa shape index (κ2) is 3.76. The molecule has 1 atom stereocenters. The van der Waals surface area contributed by atoms with Crippen molar-refractivity contribution >= 4 is 11.7 Å². The van der Waals surface area contributed by atoms with Crippen molar-refractivity contribution in [1.29, 1.82) is 0 Å². The van der Waals surface area contributed by atoms with Crippen molar-refractivity contribution in [3.05, 3.63) is 29.3 Å². The summed E-state index contributed by atoms with van der Waals surface area (Å²) in [6.07, 6.45) is 0.995. The van der Waals surface area contributed by atoms with Gasteiger partial charge in [-0.15, -0.1) is 0 Å². The van der Waals surface area contributed by atoms with E-state index in [2.05, 4.69) is 17.9 Å². The third-order valence-electron chi connectivity index (χ3n) is 3.86. The van der Waals surface area contributed by atoms with Crippen LogP contribution in [-0.4, -0.2) is 24.2 Å². The van der Waals surface area contributed by atoms with Gasteiger partial charge in [0.25, 0.3) is 0 Å². The van der Waals surface area contributed by atoms with Crippen LogP contribution >= 0.6 is 0 Å². The predicted octanol–water partition coefficient (Wildman–Crippen LogP) is 2.43. The molecular formula is C14H19NO2. The largest absolute Gasteiger partial charge is 0.481 e. The molecule has 92 valence electrons. The highest BCUT2D eigenvalue weighted by molar-refractivity contribution is 5.84. The van der Waals surface area contributed by atoms with Gasteiger partial charge in [0.1, 0.15) is 0 Å². The number of hydrogen-bond acceptors (Lipinski definition) is 2. The van der Waals surface area contributed by atoms with E-state index in [0.29, 0.717) is 6.04 Å². The number of carboxylic acid groups (broad SMARTS) is 1. The molecule has 0 amide bonds. The van der Waals surface area contributed by atoms with E-state index < -0.39 is 11.4 Å². The van der Waals surface area contributed by atoms with Gasteiger partial charge in [-0.05, 0) is 38.3 Å². The summed E-state index contributed by atoms with van der Waals surface area (Å²) < 4.78 is 0. The van der Waals surface area contributed by atoms with Crippen molar-refractivity contribution in [3.8, 4) is 0 Å². The molecule has 0 radical (unpaired) electrons. The van der Waals surface area contributed by atoms with E-state index in [1.165, 1.54) is 5.56 Å². The number of nitrogens with zero attached hydrogens (tertiary/aromatic N) is 1. The minimum Gasteiger partial charge on any atom is -0.481 e. The van der Waals surface area contributed by atoms with Gasteiger partial charge in [-0.1, -0.05) is 18.2 Å². The zero-order valence-corrected chi connectivity index (χ0v) is 10.8. The lowest BCUT2D eigenvalue weighted by atomic mass is 9.82. The molecule has 3 heteroatoms. The maximum atomic E-state index is 11.4. The Balaban J connectivity index is 2.59. The van der Waals surface area contributed by atoms with Gasteiger partial charge in [0.2, 0.25) is 0 Å². The van der Waals surface area contributed by atoms with Crippen LogP contribution in [0.15, 0.2) is 18.2 Å². The maximum Gasteiger partial charge on any atom is 0.313 e. The van der Waals surface area contributed by atoms with Crippen LogP contribution in [0.4, 0.5) is 5.69 Å². The van der Waals surface area contributed by atoms with Gasteiger partial charge >= 0.3 is 5.97 Å². The molecule has 0 fully saturated rings. The van der Waals surface area contributed by atoms with Crippen LogP contribution in [0.3, 0.4) is 0 Å². The highest BCUT2D eigenvalue weighted by Gasteiger charge is 2.36. The molecule has 1 aromatic rings. The first-order chi connectivity index (χ1) is 7.85.